The van der Waals surface area contributed by atoms with Crippen LogP contribution in [0.2, 0.25) is 0 Å². The van der Waals surface area contributed by atoms with Gasteiger partial charge in [0.2, 0.25) is 11.8 Å². The minimum absolute atomic E-state index is 0.0705. The van der Waals surface area contributed by atoms with Gasteiger partial charge in [0.25, 0.3) is 5.91 Å². The van der Waals surface area contributed by atoms with Gasteiger partial charge in [0.15, 0.2) is 0 Å². The van der Waals surface area contributed by atoms with E-state index in [4.69, 9.17) is 5.73 Å². The van der Waals surface area contributed by atoms with Gasteiger partial charge in [-0.1, -0.05) is 91.0 Å². The molecule has 0 aliphatic carbocycles. The number of urea groups is 1. The van der Waals surface area contributed by atoms with E-state index in [1.165, 1.54) is 0 Å². The van der Waals surface area contributed by atoms with Crippen molar-refractivity contribution < 1.29 is 24.3 Å². The van der Waals surface area contributed by atoms with Crippen molar-refractivity contribution in [1.29, 1.82) is 0 Å². The summed E-state index contributed by atoms with van der Waals surface area (Å²) in [5.41, 5.74) is 13.3. The molecule has 8 rings (SSSR count). The van der Waals surface area contributed by atoms with Gasteiger partial charge >= 0.3 is 6.03 Å². The lowest BCUT2D eigenvalue weighted by Crippen LogP contribution is -2.76. The number of aryl methyl sites for hydroxylation is 1. The van der Waals surface area contributed by atoms with Crippen LogP contribution in [0.25, 0.3) is 22.0 Å². The summed E-state index contributed by atoms with van der Waals surface area (Å²) in [6.45, 7) is 5.00. The summed E-state index contributed by atoms with van der Waals surface area (Å²) in [6.07, 6.45) is 3.08. The van der Waals surface area contributed by atoms with Crippen LogP contribution in [0.5, 0.6) is 5.75 Å². The van der Waals surface area contributed by atoms with E-state index in [0.29, 0.717) is 17.8 Å². The zero-order valence-electron chi connectivity index (χ0n) is 33.9. The Morgan fingerprint density at radius 1 is 0.869 bits per heavy atom. The maximum Gasteiger partial charge on any atom is 0.334 e. The smallest absolute Gasteiger partial charge is 0.334 e. The summed E-state index contributed by atoms with van der Waals surface area (Å²) >= 11 is 0. The molecule has 61 heavy (non-hydrogen) atoms. The maximum absolute atomic E-state index is 14.8. The molecule has 13 nitrogen and oxygen atoms in total. The average Bonchev–Trinajstić information content (AvgIpc) is 3.62. The highest BCUT2D eigenvalue weighted by Gasteiger charge is 2.51. The number of hydrogen-bond donors (Lipinski definition) is 4. The number of nitrogens with two attached hydrogens (primary N) is 1. The molecule has 5 N–H and O–H groups in total. The first-order valence-electron chi connectivity index (χ1n) is 20.2. The normalized spacial score (nSPS) is 16.7. The second-order valence-electron chi connectivity index (χ2n) is 15.4. The van der Waals surface area contributed by atoms with Crippen LogP contribution in [0, 0.1) is 0 Å². The molecule has 3 heterocycles. The number of aromatic hydroxyl groups is 1. The largest absolute Gasteiger partial charge is 0.508 e. The van der Waals surface area contributed by atoms with Gasteiger partial charge in [-0.2, -0.15) is 0 Å². The molecule has 6 aromatic rings. The van der Waals surface area contributed by atoms with Crippen LogP contribution in [-0.4, -0.2) is 85.1 Å². The third-order valence-electron chi connectivity index (χ3n) is 11.4. The minimum atomic E-state index is -0.918. The van der Waals surface area contributed by atoms with Gasteiger partial charge in [-0.15, -0.1) is 6.58 Å². The summed E-state index contributed by atoms with van der Waals surface area (Å²) in [5.74, 6) is -0.624. The Kier molecular flexibility index (Phi) is 11.7. The number of amides is 5. The molecule has 2 atom stereocenters. The van der Waals surface area contributed by atoms with E-state index in [0.717, 1.165) is 44.3 Å². The van der Waals surface area contributed by atoms with Gasteiger partial charge in [-0.05, 0) is 64.2 Å². The second kappa shape index (κ2) is 17.6. The Hall–Kier alpha value is -7.22. The molecule has 310 valence electrons. The molecule has 0 saturated carbocycles. The summed E-state index contributed by atoms with van der Waals surface area (Å²) in [6, 6.07) is 35.8. The lowest BCUT2D eigenvalue weighted by atomic mass is 9.97. The Bertz CT molecular complexity index is 2570. The van der Waals surface area contributed by atoms with Crippen LogP contribution < -0.4 is 16.4 Å². The Labute approximate surface area is 354 Å². The van der Waals surface area contributed by atoms with Crippen LogP contribution in [0.1, 0.15) is 32.6 Å². The molecule has 2 fully saturated rings. The Balaban J connectivity index is 1.09. The quantitative estimate of drug-likeness (QED) is 0.111. The number of aromatic nitrogens is 1. The van der Waals surface area contributed by atoms with E-state index in [1.54, 1.807) is 62.3 Å². The first-order chi connectivity index (χ1) is 29.6. The lowest BCUT2D eigenvalue weighted by Gasteiger charge is -2.55. The number of phenols is 1. The summed E-state index contributed by atoms with van der Waals surface area (Å²) < 4.78 is 2.05. The molecule has 5 amide bonds. The number of rotatable bonds is 12. The Morgan fingerprint density at radius 3 is 2.30 bits per heavy atom. The first kappa shape index (κ1) is 40.6. The molecule has 0 bridgehead atoms. The van der Waals surface area contributed by atoms with E-state index in [1.807, 2.05) is 92.0 Å². The van der Waals surface area contributed by atoms with Crippen molar-refractivity contribution >= 4 is 40.3 Å². The Morgan fingerprint density at radius 2 is 1.59 bits per heavy atom. The molecule has 2 aliphatic heterocycles. The number of carbonyl (C=O) groups is 4. The number of para-hydroxylation sites is 1. The zero-order chi connectivity index (χ0) is 42.6. The van der Waals surface area contributed by atoms with Gasteiger partial charge in [-0.3, -0.25) is 14.4 Å². The molecule has 1 aromatic heterocycles. The number of nitrogens with zero attached hydrogens (tertiary/aromatic N) is 5. The van der Waals surface area contributed by atoms with Crippen molar-refractivity contribution in [1.82, 2.24) is 29.7 Å². The molecular formula is C48H48N8O5. The fraction of sp³-hybridized carbons (Fsp3) is 0.208. The highest BCUT2D eigenvalue weighted by Crippen LogP contribution is 2.35. The standard InChI is InChI=1S/C48H48N8O5/c1-3-24-54-31-44(58)55-42(25-32-14-22-39(57)23-15-32)47(60)53(30-43(55)56(54)48(61)50-27-34-8-5-4-6-9-34)28-37-10-7-11-40-41(29-52(2)45(37)40)35-18-20-38(21-19-35)51-46(59)36-16-12-33(26-49)13-17-36/h3-23,29,42-43,57H,1,24-28,30-31,49H2,2H3,(H,50,61)(H,51,59)/t42-,43-/m0/s1. The van der Waals surface area contributed by atoms with Crippen molar-refractivity contribution in [2.24, 2.45) is 12.8 Å². The first-order valence-corrected chi connectivity index (χ1v) is 20.2. The van der Waals surface area contributed by atoms with Crippen molar-refractivity contribution in [3.63, 3.8) is 0 Å². The number of fused-ring (bicyclic) bond motifs is 2. The molecule has 0 radical (unpaired) electrons. The number of hydrazine groups is 1. The highest BCUT2D eigenvalue weighted by atomic mass is 16.3. The van der Waals surface area contributed by atoms with Gasteiger partial charge in [0.1, 0.15) is 18.0 Å². The molecule has 2 saturated heterocycles. The number of carbonyl (C=O) groups excluding carboxylic acids is 4. The molecule has 5 aromatic carbocycles. The predicted octanol–water partition coefficient (Wildman–Crippen LogP) is 6.00. The van der Waals surface area contributed by atoms with E-state index in [9.17, 15) is 24.3 Å². The van der Waals surface area contributed by atoms with Crippen LogP contribution in [-0.2, 0) is 42.7 Å². The minimum Gasteiger partial charge on any atom is -0.508 e. The fourth-order valence-electron chi connectivity index (χ4n) is 8.40. The average molecular weight is 817 g/mol. The van der Waals surface area contributed by atoms with Crippen molar-refractivity contribution in [2.45, 2.75) is 38.3 Å². The van der Waals surface area contributed by atoms with Crippen LogP contribution >= 0.6 is 0 Å². The molecule has 13 heteroatoms. The van der Waals surface area contributed by atoms with Crippen LogP contribution in [0.4, 0.5) is 10.5 Å². The number of nitrogens with one attached hydrogen (secondary N) is 2. The van der Waals surface area contributed by atoms with E-state index >= 15 is 0 Å². The number of phenolic OH excluding ortho intramolecular Hbond substituents is 1. The highest BCUT2D eigenvalue weighted by molar-refractivity contribution is 6.04. The third-order valence-corrected chi connectivity index (χ3v) is 11.4. The number of hydrogen-bond acceptors (Lipinski definition) is 7. The van der Waals surface area contributed by atoms with E-state index in [2.05, 4.69) is 28.0 Å². The summed E-state index contributed by atoms with van der Waals surface area (Å²) in [5, 5.41) is 20.3. The van der Waals surface area contributed by atoms with Gasteiger partial charge in [0.05, 0.1) is 18.6 Å². The molecular weight excluding hydrogens is 769 g/mol. The lowest BCUT2D eigenvalue weighted by molar-refractivity contribution is -0.189. The van der Waals surface area contributed by atoms with E-state index < -0.39 is 18.2 Å². The fourth-order valence-corrected chi connectivity index (χ4v) is 8.40. The summed E-state index contributed by atoms with van der Waals surface area (Å²) in [7, 11) is 1.97. The van der Waals surface area contributed by atoms with Gasteiger partial charge in [-0.25, -0.2) is 14.8 Å². The predicted molar refractivity (Wildman–Crippen MR) is 235 cm³/mol. The molecule has 2 aliphatic rings. The van der Waals surface area contributed by atoms with Crippen molar-refractivity contribution in [3.8, 4) is 16.9 Å². The SMILES string of the molecule is C=CCN1CC(=O)N2[C@@H](Cc3ccc(O)cc3)C(=O)N(Cc3cccc4c(-c5ccc(NC(=O)c6ccc(CN)cc6)cc5)cn(C)c34)C[C@@H]2N1C(=O)NCc1ccccc1. The molecule has 0 spiro atoms. The summed E-state index contributed by atoms with van der Waals surface area (Å²) in [4.78, 5) is 59.3. The van der Waals surface area contributed by atoms with Gasteiger partial charge in [0, 0.05) is 68.0 Å². The molecule has 0 unspecified atom stereocenters. The van der Waals surface area contributed by atoms with Gasteiger partial charge < -0.3 is 35.8 Å². The topological polar surface area (TPSA) is 156 Å². The van der Waals surface area contributed by atoms with Crippen molar-refractivity contribution in [2.75, 3.05) is 25.0 Å². The second-order valence-corrected chi connectivity index (χ2v) is 15.4. The number of anilines is 1. The van der Waals surface area contributed by atoms with Crippen molar-refractivity contribution in [3.05, 3.63) is 168 Å². The number of piperazine rings is 1. The van der Waals surface area contributed by atoms with Crippen LogP contribution in [0.3, 0.4) is 0 Å². The maximum atomic E-state index is 14.8. The zero-order valence-corrected chi connectivity index (χ0v) is 33.9. The van der Waals surface area contributed by atoms with Crippen LogP contribution in [0.15, 0.2) is 140 Å². The third kappa shape index (κ3) is 8.47. The van der Waals surface area contributed by atoms with E-state index in [-0.39, 0.29) is 62.6 Å². The monoisotopic (exact) mass is 816 g/mol. The number of benzene rings is 5.